The number of methoxy groups -OCH3 is 1. The van der Waals surface area contributed by atoms with Gasteiger partial charge in [0.15, 0.2) is 11.5 Å². The molecule has 1 amide bonds. The minimum absolute atomic E-state index is 0.207. The number of carbonyl (C=O) groups excluding carboxylic acids is 1. The first-order valence-corrected chi connectivity index (χ1v) is 8.46. The van der Waals surface area contributed by atoms with Gasteiger partial charge in [0.25, 0.3) is 5.91 Å². The maximum absolute atomic E-state index is 12.4. The third-order valence-corrected chi connectivity index (χ3v) is 4.03. The van der Waals surface area contributed by atoms with Crippen molar-refractivity contribution >= 4 is 11.6 Å². The minimum Gasteiger partial charge on any atom is -0.493 e. The molecule has 1 aromatic heterocycles. The first-order chi connectivity index (χ1) is 12.2. The Kier molecular flexibility index (Phi) is 5.55. The molecular formula is C18H23N3O4. The molecule has 2 aromatic rings. The number of anilines is 1. The molecule has 7 heteroatoms. The zero-order chi connectivity index (χ0) is 17.6. The van der Waals surface area contributed by atoms with Gasteiger partial charge in [-0.15, -0.1) is 0 Å². The minimum atomic E-state index is -0.224. The van der Waals surface area contributed by atoms with Gasteiger partial charge in [0, 0.05) is 18.4 Å². The van der Waals surface area contributed by atoms with Crippen molar-refractivity contribution in [1.29, 1.82) is 0 Å². The third kappa shape index (κ3) is 4.30. The topological polar surface area (TPSA) is 74.6 Å². The second-order valence-electron chi connectivity index (χ2n) is 5.84. The van der Waals surface area contributed by atoms with Gasteiger partial charge >= 0.3 is 0 Å². The van der Waals surface area contributed by atoms with Gasteiger partial charge < -0.3 is 19.5 Å². The van der Waals surface area contributed by atoms with Crippen LogP contribution in [0.25, 0.3) is 0 Å². The van der Waals surface area contributed by atoms with Crippen molar-refractivity contribution < 1.29 is 19.0 Å². The molecule has 0 bridgehead atoms. The second kappa shape index (κ2) is 8.02. The summed E-state index contributed by atoms with van der Waals surface area (Å²) in [6, 6.07) is 5.11. The molecule has 1 atom stereocenters. The highest BCUT2D eigenvalue weighted by atomic mass is 16.5. The Bertz CT molecular complexity index is 723. The smallest absolute Gasteiger partial charge is 0.255 e. The van der Waals surface area contributed by atoms with Crippen molar-refractivity contribution in [3.8, 4) is 11.5 Å². The van der Waals surface area contributed by atoms with Crippen LogP contribution in [0.5, 0.6) is 11.5 Å². The molecular weight excluding hydrogens is 322 g/mol. The Hall–Kier alpha value is -2.54. The Morgan fingerprint density at radius 2 is 2.32 bits per heavy atom. The molecule has 0 aliphatic carbocycles. The quantitative estimate of drug-likeness (QED) is 0.835. The fourth-order valence-electron chi connectivity index (χ4n) is 2.81. The van der Waals surface area contributed by atoms with E-state index in [4.69, 9.17) is 14.2 Å². The Morgan fingerprint density at radius 3 is 3.04 bits per heavy atom. The van der Waals surface area contributed by atoms with Crippen LogP contribution in [0.1, 0.15) is 30.1 Å². The number of benzene rings is 1. The summed E-state index contributed by atoms with van der Waals surface area (Å²) >= 11 is 0. The molecule has 134 valence electrons. The molecule has 3 rings (SSSR count). The Labute approximate surface area is 146 Å². The van der Waals surface area contributed by atoms with E-state index in [-0.39, 0.29) is 12.0 Å². The lowest BCUT2D eigenvalue weighted by Crippen LogP contribution is -2.15. The van der Waals surface area contributed by atoms with Crippen molar-refractivity contribution in [2.24, 2.45) is 0 Å². The van der Waals surface area contributed by atoms with E-state index in [1.54, 1.807) is 36.2 Å². The number of carbonyl (C=O) groups is 1. The highest BCUT2D eigenvalue weighted by Gasteiger charge is 2.17. The first kappa shape index (κ1) is 17.3. The van der Waals surface area contributed by atoms with Crippen LogP contribution in [0.15, 0.2) is 30.6 Å². The highest BCUT2D eigenvalue weighted by Crippen LogP contribution is 2.28. The number of nitrogens with one attached hydrogen (secondary N) is 1. The maximum Gasteiger partial charge on any atom is 0.255 e. The van der Waals surface area contributed by atoms with E-state index >= 15 is 0 Å². The summed E-state index contributed by atoms with van der Waals surface area (Å²) in [6.07, 6.45) is 5.80. The van der Waals surface area contributed by atoms with Gasteiger partial charge in [-0.3, -0.25) is 9.48 Å². The molecule has 2 heterocycles. The summed E-state index contributed by atoms with van der Waals surface area (Å²) in [5, 5.41) is 7.12. The summed E-state index contributed by atoms with van der Waals surface area (Å²) in [4.78, 5) is 12.4. The molecule has 0 radical (unpaired) electrons. The number of hydrogen-bond acceptors (Lipinski definition) is 5. The zero-order valence-corrected chi connectivity index (χ0v) is 14.5. The summed E-state index contributed by atoms with van der Waals surface area (Å²) in [6.45, 7) is 3.95. The highest BCUT2D eigenvalue weighted by molar-refractivity contribution is 6.04. The molecule has 1 fully saturated rings. The van der Waals surface area contributed by atoms with E-state index < -0.39 is 0 Å². The lowest BCUT2D eigenvalue weighted by atomic mass is 10.2. The van der Waals surface area contributed by atoms with E-state index in [9.17, 15) is 4.79 Å². The number of hydrogen-bond donors (Lipinski definition) is 1. The van der Waals surface area contributed by atoms with Crippen molar-refractivity contribution in [2.45, 2.75) is 32.4 Å². The van der Waals surface area contributed by atoms with Gasteiger partial charge in [-0.2, -0.15) is 5.10 Å². The van der Waals surface area contributed by atoms with Crippen molar-refractivity contribution in [1.82, 2.24) is 9.78 Å². The van der Waals surface area contributed by atoms with Crippen molar-refractivity contribution in [2.75, 3.05) is 25.6 Å². The average Bonchev–Trinajstić information content (AvgIpc) is 3.28. The van der Waals surface area contributed by atoms with Crippen LogP contribution in [0.4, 0.5) is 5.69 Å². The van der Waals surface area contributed by atoms with E-state index in [1.807, 2.05) is 13.1 Å². The normalized spacial score (nSPS) is 16.6. The molecule has 1 N–H and O–H groups in total. The Balaban J connectivity index is 1.64. The van der Waals surface area contributed by atoms with Crippen LogP contribution >= 0.6 is 0 Å². The van der Waals surface area contributed by atoms with Gasteiger partial charge in [-0.25, -0.2) is 0 Å². The van der Waals surface area contributed by atoms with Gasteiger partial charge in [-0.05, 0) is 38.0 Å². The maximum atomic E-state index is 12.4. The molecule has 1 aliphatic heterocycles. The van der Waals surface area contributed by atoms with E-state index in [1.165, 1.54) is 0 Å². The molecule has 0 spiro atoms. The lowest BCUT2D eigenvalue weighted by Gasteiger charge is -2.11. The number of nitrogens with zero attached hydrogens (tertiary/aromatic N) is 2. The average molecular weight is 345 g/mol. The van der Waals surface area contributed by atoms with Gasteiger partial charge in [0.2, 0.25) is 0 Å². The number of aromatic nitrogens is 2. The molecule has 0 saturated carbocycles. The van der Waals surface area contributed by atoms with Crippen LogP contribution in [0.3, 0.4) is 0 Å². The van der Waals surface area contributed by atoms with Gasteiger partial charge in [0.05, 0.1) is 38.2 Å². The van der Waals surface area contributed by atoms with Crippen LogP contribution in [-0.2, 0) is 11.3 Å². The van der Waals surface area contributed by atoms with Crippen molar-refractivity contribution in [3.63, 3.8) is 0 Å². The van der Waals surface area contributed by atoms with Crippen LogP contribution in [0.2, 0.25) is 0 Å². The number of rotatable bonds is 7. The van der Waals surface area contributed by atoms with Crippen LogP contribution in [-0.4, -0.2) is 42.1 Å². The van der Waals surface area contributed by atoms with Crippen LogP contribution in [0, 0.1) is 0 Å². The SMILES string of the molecule is CCOc1ccc(C(=O)Nc2cnn(C[C@H]3CCCO3)c2)cc1OC. The molecule has 1 aromatic carbocycles. The number of amides is 1. The first-order valence-electron chi connectivity index (χ1n) is 8.46. The molecule has 1 aliphatic rings. The largest absolute Gasteiger partial charge is 0.493 e. The fraction of sp³-hybridized carbons (Fsp3) is 0.444. The summed E-state index contributed by atoms with van der Waals surface area (Å²) in [5.41, 5.74) is 1.14. The van der Waals surface area contributed by atoms with Gasteiger partial charge in [0.1, 0.15) is 0 Å². The predicted molar refractivity (Wildman–Crippen MR) is 93.3 cm³/mol. The fourth-order valence-corrected chi connectivity index (χ4v) is 2.81. The standard InChI is InChI=1S/C18H23N3O4/c1-3-24-16-7-6-13(9-17(16)23-2)18(22)20-14-10-19-21(11-14)12-15-5-4-8-25-15/h6-7,9-11,15H,3-5,8,12H2,1-2H3,(H,20,22)/t15-/m1/s1. The van der Waals surface area contributed by atoms with E-state index in [0.29, 0.717) is 35.9 Å². The van der Waals surface area contributed by atoms with E-state index in [0.717, 1.165) is 19.4 Å². The molecule has 7 nitrogen and oxygen atoms in total. The summed E-state index contributed by atoms with van der Waals surface area (Å²) in [7, 11) is 1.55. The predicted octanol–water partition coefficient (Wildman–Crippen LogP) is 2.72. The van der Waals surface area contributed by atoms with Crippen LogP contribution < -0.4 is 14.8 Å². The van der Waals surface area contributed by atoms with E-state index in [2.05, 4.69) is 10.4 Å². The van der Waals surface area contributed by atoms with Crippen molar-refractivity contribution in [3.05, 3.63) is 36.2 Å². The zero-order valence-electron chi connectivity index (χ0n) is 14.5. The molecule has 25 heavy (non-hydrogen) atoms. The summed E-state index contributed by atoms with van der Waals surface area (Å²) in [5.74, 6) is 0.924. The third-order valence-electron chi connectivity index (χ3n) is 4.03. The number of ether oxygens (including phenoxy) is 3. The monoisotopic (exact) mass is 345 g/mol. The summed E-state index contributed by atoms with van der Waals surface area (Å²) < 4.78 is 18.1. The second-order valence-corrected chi connectivity index (χ2v) is 5.84. The lowest BCUT2D eigenvalue weighted by molar-refractivity contribution is 0.0940. The molecule has 0 unspecified atom stereocenters. The molecule has 1 saturated heterocycles. The van der Waals surface area contributed by atoms with Gasteiger partial charge in [-0.1, -0.05) is 0 Å². The Morgan fingerprint density at radius 1 is 1.44 bits per heavy atom.